The third-order valence-corrected chi connectivity index (χ3v) is 3.86. The highest BCUT2D eigenvalue weighted by Gasteiger charge is 2.20. The molecular formula is C15H21ClN4. The van der Waals surface area contributed by atoms with Crippen LogP contribution in [0.25, 0.3) is 5.69 Å². The highest BCUT2D eigenvalue weighted by atomic mass is 35.5. The molecule has 0 saturated carbocycles. The summed E-state index contributed by atoms with van der Waals surface area (Å²) in [5.74, 6) is 0. The zero-order valence-corrected chi connectivity index (χ0v) is 13.2. The number of halogens is 1. The lowest BCUT2D eigenvalue weighted by Gasteiger charge is -2.14. The minimum absolute atomic E-state index is 0.224. The van der Waals surface area contributed by atoms with Gasteiger partial charge >= 0.3 is 0 Å². The molecule has 0 amide bonds. The molecule has 2 aromatic rings. The molecule has 1 unspecified atom stereocenters. The number of nitrogens with one attached hydrogen (secondary N) is 1. The van der Waals surface area contributed by atoms with Crippen LogP contribution in [0.2, 0.25) is 5.02 Å². The Morgan fingerprint density at radius 2 is 2.10 bits per heavy atom. The Morgan fingerprint density at radius 3 is 2.70 bits per heavy atom. The van der Waals surface area contributed by atoms with E-state index in [-0.39, 0.29) is 6.04 Å². The molecule has 1 aromatic heterocycles. The van der Waals surface area contributed by atoms with Gasteiger partial charge < -0.3 is 5.32 Å². The van der Waals surface area contributed by atoms with E-state index >= 15 is 0 Å². The first-order chi connectivity index (χ1) is 9.62. The highest BCUT2D eigenvalue weighted by Crippen LogP contribution is 2.26. The van der Waals surface area contributed by atoms with Gasteiger partial charge in [-0.1, -0.05) is 36.7 Å². The van der Waals surface area contributed by atoms with E-state index in [0.29, 0.717) is 5.02 Å². The van der Waals surface area contributed by atoms with Crippen molar-refractivity contribution in [1.29, 1.82) is 0 Å². The van der Waals surface area contributed by atoms with Gasteiger partial charge in [-0.3, -0.25) is 0 Å². The van der Waals surface area contributed by atoms with Crippen molar-refractivity contribution in [3.63, 3.8) is 0 Å². The van der Waals surface area contributed by atoms with Crippen molar-refractivity contribution in [2.24, 2.45) is 0 Å². The van der Waals surface area contributed by atoms with E-state index in [1.54, 1.807) is 0 Å². The molecule has 0 aliphatic heterocycles. The van der Waals surface area contributed by atoms with Crippen LogP contribution in [-0.2, 0) is 6.42 Å². The summed E-state index contributed by atoms with van der Waals surface area (Å²) in [6.45, 7) is 6.30. The Bertz CT molecular complexity index is 588. The average molecular weight is 293 g/mol. The number of hydrogen-bond acceptors (Lipinski definition) is 3. The van der Waals surface area contributed by atoms with Crippen LogP contribution in [0, 0.1) is 6.92 Å². The highest BCUT2D eigenvalue weighted by molar-refractivity contribution is 6.32. The maximum atomic E-state index is 6.31. The van der Waals surface area contributed by atoms with Crippen molar-refractivity contribution in [1.82, 2.24) is 20.3 Å². The second-order valence-electron chi connectivity index (χ2n) is 4.89. The molecule has 5 heteroatoms. The summed E-state index contributed by atoms with van der Waals surface area (Å²) in [6.07, 6.45) is 1.84. The molecule has 1 heterocycles. The second kappa shape index (κ2) is 6.37. The van der Waals surface area contributed by atoms with E-state index in [9.17, 15) is 0 Å². The van der Waals surface area contributed by atoms with Gasteiger partial charge in [0.05, 0.1) is 22.4 Å². The van der Waals surface area contributed by atoms with Gasteiger partial charge in [-0.25, -0.2) is 4.68 Å². The monoisotopic (exact) mass is 292 g/mol. The van der Waals surface area contributed by atoms with Crippen molar-refractivity contribution in [2.45, 2.75) is 39.7 Å². The minimum atomic E-state index is 0.224. The Labute approximate surface area is 125 Å². The summed E-state index contributed by atoms with van der Waals surface area (Å²) in [5, 5.41) is 12.7. The summed E-state index contributed by atoms with van der Waals surface area (Å²) in [7, 11) is 1.95. The van der Waals surface area contributed by atoms with Gasteiger partial charge in [0.25, 0.3) is 0 Å². The molecule has 108 valence electrons. The van der Waals surface area contributed by atoms with Crippen molar-refractivity contribution < 1.29 is 0 Å². The number of rotatable bonds is 5. The van der Waals surface area contributed by atoms with Crippen molar-refractivity contribution >= 4 is 11.6 Å². The molecule has 0 aliphatic rings. The van der Waals surface area contributed by atoms with Gasteiger partial charge in [0.15, 0.2) is 0 Å². The van der Waals surface area contributed by atoms with Gasteiger partial charge in [-0.2, -0.15) is 0 Å². The molecule has 20 heavy (non-hydrogen) atoms. The topological polar surface area (TPSA) is 42.7 Å². The molecule has 0 fully saturated rings. The van der Waals surface area contributed by atoms with Crippen LogP contribution in [0.5, 0.6) is 0 Å². The van der Waals surface area contributed by atoms with Crippen LogP contribution >= 0.6 is 11.6 Å². The van der Waals surface area contributed by atoms with Gasteiger partial charge in [-0.05, 0) is 44.5 Å². The third kappa shape index (κ3) is 2.72. The largest absolute Gasteiger partial charge is 0.312 e. The van der Waals surface area contributed by atoms with Crippen molar-refractivity contribution in [3.05, 3.63) is 40.2 Å². The zero-order valence-electron chi connectivity index (χ0n) is 12.4. The molecular weight excluding hydrogens is 272 g/mol. The Hall–Kier alpha value is -1.39. The van der Waals surface area contributed by atoms with E-state index in [0.717, 1.165) is 35.5 Å². The SMILES string of the molecule is CCc1c(C(CC)NC)nnn1-c1cc(C)ccc1Cl. The predicted octanol–water partition coefficient (Wildman–Crippen LogP) is 3.46. The fraction of sp³-hybridized carbons (Fsp3) is 0.467. The molecule has 4 nitrogen and oxygen atoms in total. The predicted molar refractivity (Wildman–Crippen MR) is 82.6 cm³/mol. The van der Waals surface area contributed by atoms with Crippen LogP contribution in [-0.4, -0.2) is 22.0 Å². The molecule has 2 rings (SSSR count). The van der Waals surface area contributed by atoms with Gasteiger partial charge in [0.1, 0.15) is 5.69 Å². The van der Waals surface area contributed by atoms with E-state index in [4.69, 9.17) is 11.6 Å². The molecule has 0 spiro atoms. The Kier molecular flexibility index (Phi) is 4.78. The maximum absolute atomic E-state index is 6.31. The van der Waals surface area contributed by atoms with Crippen LogP contribution in [0.1, 0.15) is 43.3 Å². The fourth-order valence-corrected chi connectivity index (χ4v) is 2.63. The Morgan fingerprint density at radius 1 is 1.35 bits per heavy atom. The first kappa shape index (κ1) is 15.0. The van der Waals surface area contributed by atoms with Crippen molar-refractivity contribution in [2.75, 3.05) is 7.05 Å². The normalized spacial score (nSPS) is 12.7. The molecule has 0 saturated heterocycles. The minimum Gasteiger partial charge on any atom is -0.312 e. The zero-order chi connectivity index (χ0) is 14.7. The number of hydrogen-bond donors (Lipinski definition) is 1. The molecule has 1 atom stereocenters. The molecule has 1 N–H and O–H groups in total. The van der Waals surface area contributed by atoms with Gasteiger partial charge in [-0.15, -0.1) is 5.10 Å². The van der Waals surface area contributed by atoms with Crippen LogP contribution in [0.3, 0.4) is 0 Å². The van der Waals surface area contributed by atoms with E-state index in [2.05, 4.69) is 29.5 Å². The van der Waals surface area contributed by atoms with Crippen LogP contribution < -0.4 is 5.32 Å². The summed E-state index contributed by atoms with van der Waals surface area (Å²) in [4.78, 5) is 0. The molecule has 0 radical (unpaired) electrons. The first-order valence-electron chi connectivity index (χ1n) is 7.00. The van der Waals surface area contributed by atoms with E-state index in [1.165, 1.54) is 0 Å². The summed E-state index contributed by atoms with van der Waals surface area (Å²) in [6, 6.07) is 6.17. The quantitative estimate of drug-likeness (QED) is 0.918. The molecule has 0 bridgehead atoms. The summed E-state index contributed by atoms with van der Waals surface area (Å²) >= 11 is 6.31. The fourth-order valence-electron chi connectivity index (χ4n) is 2.43. The van der Waals surface area contributed by atoms with E-state index < -0.39 is 0 Å². The van der Waals surface area contributed by atoms with E-state index in [1.807, 2.05) is 36.9 Å². The van der Waals surface area contributed by atoms with Crippen molar-refractivity contribution in [3.8, 4) is 5.69 Å². The summed E-state index contributed by atoms with van der Waals surface area (Å²) < 4.78 is 1.87. The lowest BCUT2D eigenvalue weighted by molar-refractivity contribution is 0.555. The lowest BCUT2D eigenvalue weighted by atomic mass is 10.1. The average Bonchev–Trinajstić information content (AvgIpc) is 2.86. The number of aryl methyl sites for hydroxylation is 1. The summed E-state index contributed by atoms with van der Waals surface area (Å²) in [5.41, 5.74) is 4.17. The van der Waals surface area contributed by atoms with Gasteiger partial charge in [0.2, 0.25) is 0 Å². The van der Waals surface area contributed by atoms with Crippen LogP contribution in [0.4, 0.5) is 0 Å². The number of nitrogens with zero attached hydrogens (tertiary/aromatic N) is 3. The smallest absolute Gasteiger partial charge is 0.103 e. The second-order valence-corrected chi connectivity index (χ2v) is 5.30. The first-order valence-corrected chi connectivity index (χ1v) is 7.38. The van der Waals surface area contributed by atoms with Gasteiger partial charge in [0, 0.05) is 0 Å². The Balaban J connectivity index is 2.55. The lowest BCUT2D eigenvalue weighted by Crippen LogP contribution is -2.17. The number of aromatic nitrogens is 3. The molecule has 0 aliphatic carbocycles. The molecule has 1 aromatic carbocycles. The standard InChI is InChI=1S/C15H21ClN4/c1-5-12(17-4)15-13(6-2)20(19-18-15)14-9-10(3)7-8-11(14)16/h7-9,12,17H,5-6H2,1-4H3. The number of benzene rings is 1. The maximum Gasteiger partial charge on any atom is 0.103 e. The van der Waals surface area contributed by atoms with Crippen LogP contribution in [0.15, 0.2) is 18.2 Å². The third-order valence-electron chi connectivity index (χ3n) is 3.54.